The fourth-order valence-corrected chi connectivity index (χ4v) is 4.33. The highest BCUT2D eigenvalue weighted by atomic mass is 35.5. The molecule has 170 valence electrons. The van der Waals surface area contributed by atoms with Crippen molar-refractivity contribution in [3.8, 4) is 22.8 Å². The summed E-state index contributed by atoms with van der Waals surface area (Å²) < 4.78 is 25.3. The number of ether oxygens (including phenoxy) is 2. The molecule has 0 aliphatic carbocycles. The van der Waals surface area contributed by atoms with Crippen LogP contribution in [0, 0.1) is 12.7 Å². The van der Waals surface area contributed by atoms with Gasteiger partial charge < -0.3 is 9.47 Å². The summed E-state index contributed by atoms with van der Waals surface area (Å²) in [6.07, 6.45) is 0. The number of benzene rings is 2. The first-order valence-corrected chi connectivity index (χ1v) is 11.1. The molecule has 2 heterocycles. The molecule has 0 atom stereocenters. The summed E-state index contributed by atoms with van der Waals surface area (Å²) in [5.74, 6) is 0.478. The van der Waals surface area contributed by atoms with Crippen LogP contribution in [0.2, 0.25) is 5.15 Å². The molecule has 2 aromatic carbocycles. The maximum atomic E-state index is 13.1. The lowest BCUT2D eigenvalue weighted by molar-refractivity contribution is 0.102. The minimum Gasteiger partial charge on any atom is -0.493 e. The predicted octanol–water partition coefficient (Wildman–Crippen LogP) is 5.43. The molecule has 4 aromatic rings. The molecule has 2 aromatic heterocycles. The summed E-state index contributed by atoms with van der Waals surface area (Å²) in [6, 6.07) is 11.5. The number of rotatable bonds is 7. The highest BCUT2D eigenvalue weighted by molar-refractivity contribution is 7.14. The zero-order chi connectivity index (χ0) is 23.5. The van der Waals surface area contributed by atoms with E-state index in [1.807, 2.05) is 17.5 Å². The molecule has 4 rings (SSSR count). The van der Waals surface area contributed by atoms with E-state index in [9.17, 15) is 9.18 Å². The van der Waals surface area contributed by atoms with Crippen molar-refractivity contribution in [3.05, 3.63) is 75.6 Å². The Morgan fingerprint density at radius 1 is 1.15 bits per heavy atom. The third kappa shape index (κ3) is 4.84. The van der Waals surface area contributed by atoms with E-state index < -0.39 is 5.91 Å². The molecule has 1 N–H and O–H groups in total. The van der Waals surface area contributed by atoms with Gasteiger partial charge in [-0.05, 0) is 42.8 Å². The molecule has 0 spiro atoms. The van der Waals surface area contributed by atoms with Crippen molar-refractivity contribution in [1.29, 1.82) is 0 Å². The number of nitrogens with zero attached hydrogens (tertiary/aromatic N) is 3. The van der Waals surface area contributed by atoms with Crippen molar-refractivity contribution in [3.63, 3.8) is 0 Å². The SMILES string of the molecule is COc1ccc(-c2csc(NC(=O)c3c(C)nn(Cc4ccc(F)cc4)c3Cl)n2)cc1OC. The van der Waals surface area contributed by atoms with E-state index in [4.69, 9.17) is 21.1 Å². The molecular formula is C23H20ClFN4O3S. The van der Waals surface area contributed by atoms with Gasteiger partial charge in [-0.1, -0.05) is 23.7 Å². The van der Waals surface area contributed by atoms with Crippen LogP contribution in [-0.2, 0) is 6.54 Å². The molecular weight excluding hydrogens is 467 g/mol. The monoisotopic (exact) mass is 486 g/mol. The van der Waals surface area contributed by atoms with Gasteiger partial charge in [0.15, 0.2) is 16.6 Å². The lowest BCUT2D eigenvalue weighted by Crippen LogP contribution is -2.13. The lowest BCUT2D eigenvalue weighted by atomic mass is 10.1. The lowest BCUT2D eigenvalue weighted by Gasteiger charge is -2.08. The molecule has 0 saturated carbocycles. The van der Waals surface area contributed by atoms with Gasteiger partial charge in [-0.25, -0.2) is 14.1 Å². The van der Waals surface area contributed by atoms with Crippen molar-refractivity contribution in [2.45, 2.75) is 13.5 Å². The molecule has 0 bridgehead atoms. The Labute approximate surface area is 198 Å². The molecule has 33 heavy (non-hydrogen) atoms. The second kappa shape index (κ2) is 9.60. The number of amides is 1. The Morgan fingerprint density at radius 3 is 2.58 bits per heavy atom. The van der Waals surface area contributed by atoms with E-state index in [0.717, 1.165) is 11.1 Å². The van der Waals surface area contributed by atoms with Crippen LogP contribution >= 0.6 is 22.9 Å². The van der Waals surface area contributed by atoms with Crippen LogP contribution in [0.4, 0.5) is 9.52 Å². The maximum Gasteiger partial charge on any atom is 0.262 e. The number of methoxy groups -OCH3 is 2. The smallest absolute Gasteiger partial charge is 0.262 e. The molecule has 0 aliphatic heterocycles. The highest BCUT2D eigenvalue weighted by Crippen LogP contribution is 2.33. The van der Waals surface area contributed by atoms with Crippen molar-refractivity contribution in [1.82, 2.24) is 14.8 Å². The second-order valence-corrected chi connectivity index (χ2v) is 8.31. The van der Waals surface area contributed by atoms with E-state index >= 15 is 0 Å². The van der Waals surface area contributed by atoms with E-state index in [1.54, 1.807) is 39.3 Å². The Bertz CT molecular complexity index is 1300. The van der Waals surface area contributed by atoms with Gasteiger partial charge in [0.1, 0.15) is 11.0 Å². The summed E-state index contributed by atoms with van der Waals surface area (Å²) in [4.78, 5) is 17.4. The van der Waals surface area contributed by atoms with Crippen LogP contribution < -0.4 is 14.8 Å². The van der Waals surface area contributed by atoms with Gasteiger partial charge in [0.2, 0.25) is 0 Å². The first-order valence-electron chi connectivity index (χ1n) is 9.86. The standard InChI is InChI=1S/C23H20ClFN4O3S/c1-13-20(21(24)29(28-13)11-14-4-7-16(25)8-5-14)22(30)27-23-26-17(12-33-23)15-6-9-18(31-2)19(10-15)32-3/h4-10,12H,11H2,1-3H3,(H,26,27,30). The number of aryl methyl sites for hydroxylation is 1. The number of halogens is 2. The zero-order valence-corrected chi connectivity index (χ0v) is 19.6. The number of anilines is 1. The fraction of sp³-hybridized carbons (Fsp3) is 0.174. The summed E-state index contributed by atoms with van der Waals surface area (Å²) in [6.45, 7) is 2.02. The van der Waals surface area contributed by atoms with Gasteiger partial charge in [-0.15, -0.1) is 11.3 Å². The molecule has 10 heteroatoms. The van der Waals surface area contributed by atoms with Gasteiger partial charge in [0, 0.05) is 10.9 Å². The van der Waals surface area contributed by atoms with Crippen LogP contribution in [0.5, 0.6) is 11.5 Å². The van der Waals surface area contributed by atoms with Gasteiger partial charge in [-0.2, -0.15) is 5.10 Å². The van der Waals surface area contributed by atoms with E-state index in [0.29, 0.717) is 34.6 Å². The van der Waals surface area contributed by atoms with E-state index in [-0.39, 0.29) is 16.5 Å². The minimum atomic E-state index is -0.406. The van der Waals surface area contributed by atoms with Gasteiger partial charge in [0.25, 0.3) is 5.91 Å². The van der Waals surface area contributed by atoms with Crippen LogP contribution in [0.15, 0.2) is 47.8 Å². The highest BCUT2D eigenvalue weighted by Gasteiger charge is 2.22. The largest absolute Gasteiger partial charge is 0.493 e. The predicted molar refractivity (Wildman–Crippen MR) is 126 cm³/mol. The number of carbonyl (C=O) groups excluding carboxylic acids is 1. The normalized spacial score (nSPS) is 10.8. The Hall–Kier alpha value is -3.43. The summed E-state index contributed by atoms with van der Waals surface area (Å²) in [5, 5.41) is 9.62. The van der Waals surface area contributed by atoms with E-state index in [1.165, 1.54) is 28.2 Å². The molecule has 0 saturated heterocycles. The summed E-state index contributed by atoms with van der Waals surface area (Å²) >= 11 is 7.75. The zero-order valence-electron chi connectivity index (χ0n) is 18.1. The number of hydrogen-bond donors (Lipinski definition) is 1. The van der Waals surface area contributed by atoms with Crippen LogP contribution in [0.1, 0.15) is 21.6 Å². The fourth-order valence-electron chi connectivity index (χ4n) is 3.30. The topological polar surface area (TPSA) is 78.3 Å². The number of nitrogens with one attached hydrogen (secondary N) is 1. The number of carbonyl (C=O) groups is 1. The maximum absolute atomic E-state index is 13.1. The van der Waals surface area contributed by atoms with Crippen LogP contribution in [-0.4, -0.2) is 34.9 Å². The van der Waals surface area contributed by atoms with Crippen molar-refractivity contribution in [2.75, 3.05) is 19.5 Å². The average Bonchev–Trinajstić information content (AvgIpc) is 3.38. The third-order valence-electron chi connectivity index (χ3n) is 4.94. The third-order valence-corrected chi connectivity index (χ3v) is 6.08. The van der Waals surface area contributed by atoms with Crippen molar-refractivity contribution >= 4 is 34.0 Å². The molecule has 0 radical (unpaired) electrons. The first kappa shape index (κ1) is 22.8. The quantitative estimate of drug-likeness (QED) is 0.377. The molecule has 1 amide bonds. The van der Waals surface area contributed by atoms with Gasteiger partial charge in [0.05, 0.1) is 37.7 Å². The second-order valence-electron chi connectivity index (χ2n) is 7.10. The number of aromatic nitrogens is 3. The van der Waals surface area contributed by atoms with Crippen molar-refractivity contribution < 1.29 is 18.7 Å². The minimum absolute atomic E-state index is 0.200. The Morgan fingerprint density at radius 2 is 1.88 bits per heavy atom. The van der Waals surface area contributed by atoms with E-state index in [2.05, 4.69) is 15.4 Å². The first-order chi connectivity index (χ1) is 15.9. The molecule has 0 aliphatic rings. The van der Waals surface area contributed by atoms with Gasteiger partial charge in [-0.3, -0.25) is 10.1 Å². The van der Waals surface area contributed by atoms with Crippen LogP contribution in [0.25, 0.3) is 11.3 Å². The number of thiazole rings is 1. The summed E-state index contributed by atoms with van der Waals surface area (Å²) in [5.41, 5.74) is 3.07. The summed E-state index contributed by atoms with van der Waals surface area (Å²) in [7, 11) is 3.14. The van der Waals surface area contributed by atoms with Crippen LogP contribution in [0.3, 0.4) is 0 Å². The van der Waals surface area contributed by atoms with Crippen molar-refractivity contribution in [2.24, 2.45) is 0 Å². The molecule has 0 fully saturated rings. The molecule has 7 nitrogen and oxygen atoms in total. The Kier molecular flexibility index (Phi) is 6.62. The average molecular weight is 487 g/mol. The Balaban J connectivity index is 1.52. The number of hydrogen-bond acceptors (Lipinski definition) is 6. The molecule has 0 unspecified atom stereocenters. The van der Waals surface area contributed by atoms with Gasteiger partial charge >= 0.3 is 0 Å².